The van der Waals surface area contributed by atoms with Crippen molar-refractivity contribution >= 4 is 0 Å². The van der Waals surface area contributed by atoms with Crippen molar-refractivity contribution in [2.24, 2.45) is 23.7 Å². The molecule has 3 aliphatic rings. The lowest BCUT2D eigenvalue weighted by atomic mass is 9.62. The number of ether oxygens (including phenoxy) is 1. The fourth-order valence-electron chi connectivity index (χ4n) is 6.16. The molecule has 4 rings (SSSR count). The Labute approximate surface area is 154 Å². The zero-order chi connectivity index (χ0) is 17.2. The molecule has 1 nitrogen and oxygen atoms in total. The van der Waals surface area contributed by atoms with Gasteiger partial charge in [0, 0.05) is 6.61 Å². The van der Waals surface area contributed by atoms with Crippen molar-refractivity contribution in [1.82, 2.24) is 0 Å². The number of hydrogen-bond acceptors (Lipinski definition) is 1. The van der Waals surface area contributed by atoms with Gasteiger partial charge >= 0.3 is 0 Å². The molecular formula is C24H36O. The molecule has 5 atom stereocenters. The second-order valence-electron chi connectivity index (χ2n) is 8.94. The van der Waals surface area contributed by atoms with Gasteiger partial charge in [0.2, 0.25) is 0 Å². The third kappa shape index (κ3) is 3.82. The molecule has 25 heavy (non-hydrogen) atoms. The summed E-state index contributed by atoms with van der Waals surface area (Å²) in [7, 11) is 0. The van der Waals surface area contributed by atoms with Crippen LogP contribution in [-0.2, 0) is 24.0 Å². The predicted octanol–water partition coefficient (Wildman–Crippen LogP) is 5.98. The van der Waals surface area contributed by atoms with Gasteiger partial charge in [-0.2, -0.15) is 0 Å². The highest BCUT2D eigenvalue weighted by molar-refractivity contribution is 5.34. The van der Waals surface area contributed by atoms with E-state index in [0.29, 0.717) is 6.10 Å². The van der Waals surface area contributed by atoms with Gasteiger partial charge in [-0.05, 0) is 111 Å². The van der Waals surface area contributed by atoms with E-state index < -0.39 is 0 Å². The summed E-state index contributed by atoms with van der Waals surface area (Å²) in [4.78, 5) is 0. The summed E-state index contributed by atoms with van der Waals surface area (Å²) in [6.45, 7) is 5.31. The number of rotatable bonds is 4. The molecule has 0 spiro atoms. The van der Waals surface area contributed by atoms with Gasteiger partial charge in [-0.3, -0.25) is 0 Å². The van der Waals surface area contributed by atoms with E-state index in [-0.39, 0.29) is 0 Å². The second-order valence-corrected chi connectivity index (χ2v) is 8.94. The molecule has 3 aliphatic carbocycles. The lowest BCUT2D eigenvalue weighted by Gasteiger charge is -2.44. The van der Waals surface area contributed by atoms with Crippen molar-refractivity contribution in [2.75, 3.05) is 6.61 Å². The van der Waals surface area contributed by atoms with Crippen LogP contribution in [0.1, 0.15) is 75.5 Å². The second kappa shape index (κ2) is 7.82. The molecule has 0 saturated heterocycles. The highest BCUT2D eigenvalue weighted by atomic mass is 16.5. The maximum atomic E-state index is 5.93. The molecule has 2 saturated carbocycles. The van der Waals surface area contributed by atoms with E-state index in [2.05, 4.69) is 32.0 Å². The van der Waals surface area contributed by atoms with Crippen LogP contribution in [0.5, 0.6) is 0 Å². The molecular weight excluding hydrogens is 304 g/mol. The lowest BCUT2D eigenvalue weighted by Crippen LogP contribution is -2.37. The predicted molar refractivity (Wildman–Crippen MR) is 105 cm³/mol. The Kier molecular flexibility index (Phi) is 5.50. The summed E-state index contributed by atoms with van der Waals surface area (Å²) < 4.78 is 5.93. The Morgan fingerprint density at radius 3 is 2.40 bits per heavy atom. The Balaban J connectivity index is 1.36. The van der Waals surface area contributed by atoms with Crippen molar-refractivity contribution in [3.63, 3.8) is 0 Å². The number of fused-ring (bicyclic) bond motifs is 2. The van der Waals surface area contributed by atoms with Crippen molar-refractivity contribution in [1.29, 1.82) is 0 Å². The summed E-state index contributed by atoms with van der Waals surface area (Å²) in [5.41, 5.74) is 4.83. The van der Waals surface area contributed by atoms with E-state index in [1.807, 2.05) is 0 Å². The van der Waals surface area contributed by atoms with Gasteiger partial charge in [0.05, 0.1) is 6.10 Å². The molecule has 1 heteroatoms. The maximum absolute atomic E-state index is 5.93. The third-order valence-corrected chi connectivity index (χ3v) is 7.62. The van der Waals surface area contributed by atoms with Crippen LogP contribution >= 0.6 is 0 Å². The van der Waals surface area contributed by atoms with E-state index in [0.717, 1.165) is 30.3 Å². The van der Waals surface area contributed by atoms with E-state index >= 15 is 0 Å². The Hall–Kier alpha value is -0.820. The minimum Gasteiger partial charge on any atom is -0.378 e. The fourth-order valence-corrected chi connectivity index (χ4v) is 6.16. The Morgan fingerprint density at radius 1 is 0.840 bits per heavy atom. The molecule has 2 fully saturated rings. The molecule has 0 aliphatic heterocycles. The first kappa shape index (κ1) is 17.6. The minimum absolute atomic E-state index is 0.567. The van der Waals surface area contributed by atoms with Crippen LogP contribution < -0.4 is 0 Å². The van der Waals surface area contributed by atoms with Gasteiger partial charge in [0.25, 0.3) is 0 Å². The molecule has 1 aromatic carbocycles. The van der Waals surface area contributed by atoms with Gasteiger partial charge in [-0.25, -0.2) is 0 Å². The largest absolute Gasteiger partial charge is 0.378 e. The number of hydrogen-bond donors (Lipinski definition) is 0. The van der Waals surface area contributed by atoms with Crippen LogP contribution in [0.3, 0.4) is 0 Å². The van der Waals surface area contributed by atoms with E-state index in [9.17, 15) is 0 Å². The highest BCUT2D eigenvalue weighted by Crippen LogP contribution is 2.47. The van der Waals surface area contributed by atoms with Gasteiger partial charge in [-0.15, -0.1) is 0 Å². The van der Waals surface area contributed by atoms with Crippen LogP contribution in [0.25, 0.3) is 0 Å². The van der Waals surface area contributed by atoms with Crippen molar-refractivity contribution in [3.05, 3.63) is 34.9 Å². The maximum Gasteiger partial charge on any atom is 0.0577 e. The quantitative estimate of drug-likeness (QED) is 0.655. The topological polar surface area (TPSA) is 9.23 Å². The summed E-state index contributed by atoms with van der Waals surface area (Å²) in [5.74, 6) is 3.90. The molecule has 3 unspecified atom stereocenters. The van der Waals surface area contributed by atoms with Crippen molar-refractivity contribution in [2.45, 2.75) is 84.2 Å². The molecule has 0 radical (unpaired) electrons. The standard InChI is InChI=1S/C24H36O/c1-3-17-5-6-19-14-20(8-7-18(19)13-17)21-9-10-23-16-24(25-4-2)12-11-22(23)15-21/h5-6,13,20-24H,3-4,7-12,14-16H2,1-2H3/t20?,21?,22-,23?,24-/m1/s1. The van der Waals surface area contributed by atoms with Crippen LogP contribution in [-0.4, -0.2) is 12.7 Å². The van der Waals surface area contributed by atoms with Crippen LogP contribution in [0, 0.1) is 23.7 Å². The third-order valence-electron chi connectivity index (χ3n) is 7.62. The molecule has 0 N–H and O–H groups in total. The first-order valence-corrected chi connectivity index (χ1v) is 11.0. The van der Waals surface area contributed by atoms with E-state index in [1.54, 1.807) is 11.1 Å². The number of benzene rings is 1. The van der Waals surface area contributed by atoms with Crippen molar-refractivity contribution < 1.29 is 4.74 Å². The molecule has 138 valence electrons. The summed E-state index contributed by atoms with van der Waals surface area (Å²) in [6.07, 6.45) is 14.4. The molecule has 0 heterocycles. The first-order chi connectivity index (χ1) is 12.3. The average Bonchev–Trinajstić information content (AvgIpc) is 2.67. The summed E-state index contributed by atoms with van der Waals surface area (Å²) in [6, 6.07) is 7.30. The van der Waals surface area contributed by atoms with Crippen LogP contribution in [0.15, 0.2) is 18.2 Å². The van der Waals surface area contributed by atoms with Gasteiger partial charge in [-0.1, -0.05) is 25.1 Å². The normalized spacial score (nSPS) is 35.0. The summed E-state index contributed by atoms with van der Waals surface area (Å²) in [5, 5.41) is 0. The van der Waals surface area contributed by atoms with E-state index in [4.69, 9.17) is 4.74 Å². The highest BCUT2D eigenvalue weighted by Gasteiger charge is 2.38. The fraction of sp³-hybridized carbons (Fsp3) is 0.750. The monoisotopic (exact) mass is 340 g/mol. The summed E-state index contributed by atoms with van der Waals surface area (Å²) >= 11 is 0. The molecule has 1 aromatic rings. The first-order valence-electron chi connectivity index (χ1n) is 11.0. The van der Waals surface area contributed by atoms with E-state index in [1.165, 1.54) is 69.8 Å². The number of aryl methyl sites for hydroxylation is 2. The van der Waals surface area contributed by atoms with Gasteiger partial charge < -0.3 is 4.74 Å². The Morgan fingerprint density at radius 2 is 1.60 bits per heavy atom. The molecule has 0 aromatic heterocycles. The van der Waals surface area contributed by atoms with Gasteiger partial charge in [0.15, 0.2) is 0 Å². The van der Waals surface area contributed by atoms with Crippen LogP contribution in [0.2, 0.25) is 0 Å². The SMILES string of the molecule is CCO[C@@H]1CC[C@@H]2CC(C3CCc4cc(CC)ccc4C3)CCC2C1. The average molecular weight is 341 g/mol. The van der Waals surface area contributed by atoms with Gasteiger partial charge in [0.1, 0.15) is 0 Å². The zero-order valence-electron chi connectivity index (χ0n) is 16.3. The van der Waals surface area contributed by atoms with Crippen molar-refractivity contribution in [3.8, 4) is 0 Å². The lowest BCUT2D eigenvalue weighted by molar-refractivity contribution is -0.0192. The smallest absolute Gasteiger partial charge is 0.0577 e. The molecule has 0 amide bonds. The Bertz CT molecular complexity index is 577. The zero-order valence-corrected chi connectivity index (χ0v) is 16.3. The minimum atomic E-state index is 0.567. The molecule has 0 bridgehead atoms. The van der Waals surface area contributed by atoms with Crippen LogP contribution in [0.4, 0.5) is 0 Å².